The van der Waals surface area contributed by atoms with Crippen molar-refractivity contribution in [3.63, 3.8) is 0 Å². The molecule has 142 valence electrons. The Balaban J connectivity index is 1.87. The van der Waals surface area contributed by atoms with Crippen molar-refractivity contribution in [2.75, 3.05) is 5.32 Å². The van der Waals surface area contributed by atoms with Crippen LogP contribution in [0, 0.1) is 0 Å². The molecule has 0 aliphatic carbocycles. The summed E-state index contributed by atoms with van der Waals surface area (Å²) >= 11 is 5.79. The average Bonchev–Trinajstić information content (AvgIpc) is 2.63. The molecule has 2 rings (SSSR count). The van der Waals surface area contributed by atoms with Gasteiger partial charge in [0.1, 0.15) is 5.75 Å². The zero-order valence-corrected chi connectivity index (χ0v) is 15.5. The Hall–Kier alpha value is -3.06. The van der Waals surface area contributed by atoms with Crippen molar-refractivity contribution in [1.29, 1.82) is 0 Å². The second-order valence-corrected chi connectivity index (χ2v) is 6.16. The van der Waals surface area contributed by atoms with Crippen LogP contribution in [0.25, 0.3) is 0 Å². The standard InChI is InChI=1S/C19H19ClN2O5/c1-11(18(24)22-15-7-3-13(4-8-15)17(21)23)27-19(25)12(2)26-16-9-5-14(20)6-10-16/h3-12H,1-2H3,(H2,21,23)(H,22,24)/t11-,12-/m1/s1. The number of rotatable bonds is 7. The average molecular weight is 391 g/mol. The Kier molecular flexibility index (Phi) is 6.79. The van der Waals surface area contributed by atoms with Crippen LogP contribution in [0.2, 0.25) is 5.02 Å². The van der Waals surface area contributed by atoms with Gasteiger partial charge in [0, 0.05) is 16.3 Å². The highest BCUT2D eigenvalue weighted by atomic mass is 35.5. The summed E-state index contributed by atoms with van der Waals surface area (Å²) in [5.41, 5.74) is 5.92. The van der Waals surface area contributed by atoms with Crippen LogP contribution in [0.3, 0.4) is 0 Å². The SMILES string of the molecule is C[C@@H](OC(=O)[C@@H](C)Oc1ccc(Cl)cc1)C(=O)Nc1ccc(C(N)=O)cc1. The van der Waals surface area contributed by atoms with Gasteiger partial charge < -0.3 is 20.5 Å². The number of primary amides is 1. The first-order valence-electron chi connectivity index (χ1n) is 8.09. The van der Waals surface area contributed by atoms with E-state index in [0.29, 0.717) is 22.0 Å². The van der Waals surface area contributed by atoms with Crippen molar-refractivity contribution in [3.8, 4) is 5.75 Å². The number of anilines is 1. The second kappa shape index (κ2) is 9.05. The Morgan fingerprint density at radius 1 is 0.963 bits per heavy atom. The summed E-state index contributed by atoms with van der Waals surface area (Å²) in [5.74, 6) is -1.31. The van der Waals surface area contributed by atoms with Crippen LogP contribution in [-0.2, 0) is 14.3 Å². The molecule has 0 aromatic heterocycles. The summed E-state index contributed by atoms with van der Waals surface area (Å²) in [5, 5.41) is 3.13. The first-order valence-corrected chi connectivity index (χ1v) is 8.47. The van der Waals surface area contributed by atoms with Crippen molar-refractivity contribution in [3.05, 3.63) is 59.1 Å². The molecule has 0 spiro atoms. The van der Waals surface area contributed by atoms with Gasteiger partial charge in [-0.2, -0.15) is 0 Å². The maximum atomic E-state index is 12.1. The Bertz CT molecular complexity index is 821. The number of nitrogens with one attached hydrogen (secondary N) is 1. The molecule has 0 saturated heterocycles. The Morgan fingerprint density at radius 3 is 2.11 bits per heavy atom. The van der Waals surface area contributed by atoms with E-state index in [4.69, 9.17) is 26.8 Å². The molecular weight excluding hydrogens is 372 g/mol. The van der Waals surface area contributed by atoms with E-state index in [1.807, 2.05) is 0 Å². The first kappa shape index (κ1) is 20.3. The normalized spacial score (nSPS) is 12.6. The number of carbonyl (C=O) groups excluding carboxylic acids is 3. The molecule has 8 heteroatoms. The lowest BCUT2D eigenvalue weighted by Gasteiger charge is -2.18. The molecule has 7 nitrogen and oxygen atoms in total. The van der Waals surface area contributed by atoms with Crippen molar-refractivity contribution in [2.24, 2.45) is 5.73 Å². The molecule has 0 aliphatic rings. The van der Waals surface area contributed by atoms with E-state index in [-0.39, 0.29) is 0 Å². The van der Waals surface area contributed by atoms with Gasteiger partial charge in [0.25, 0.3) is 5.91 Å². The number of ether oxygens (including phenoxy) is 2. The van der Waals surface area contributed by atoms with E-state index >= 15 is 0 Å². The largest absolute Gasteiger partial charge is 0.479 e. The molecule has 27 heavy (non-hydrogen) atoms. The molecule has 0 heterocycles. The van der Waals surface area contributed by atoms with Crippen LogP contribution >= 0.6 is 11.6 Å². The number of carbonyl (C=O) groups is 3. The molecule has 2 aromatic carbocycles. The third-order valence-corrected chi connectivity index (χ3v) is 3.81. The maximum Gasteiger partial charge on any atom is 0.347 e. The predicted molar refractivity (Wildman–Crippen MR) is 101 cm³/mol. The number of amides is 2. The quantitative estimate of drug-likeness (QED) is 0.707. The Morgan fingerprint density at radius 2 is 1.56 bits per heavy atom. The summed E-state index contributed by atoms with van der Waals surface area (Å²) in [7, 11) is 0. The third-order valence-electron chi connectivity index (χ3n) is 3.56. The van der Waals surface area contributed by atoms with Crippen LogP contribution in [0.15, 0.2) is 48.5 Å². The lowest BCUT2D eigenvalue weighted by Crippen LogP contribution is -2.35. The van der Waals surface area contributed by atoms with E-state index in [0.717, 1.165) is 0 Å². The summed E-state index contributed by atoms with van der Waals surface area (Å²) in [6.45, 7) is 2.96. The molecule has 0 saturated carbocycles. The molecule has 0 bridgehead atoms. The van der Waals surface area contributed by atoms with Gasteiger partial charge in [-0.15, -0.1) is 0 Å². The molecule has 0 radical (unpaired) electrons. The van der Waals surface area contributed by atoms with Crippen LogP contribution in [-0.4, -0.2) is 30.0 Å². The minimum absolute atomic E-state index is 0.320. The molecule has 2 atom stereocenters. The highest BCUT2D eigenvalue weighted by molar-refractivity contribution is 6.30. The van der Waals surface area contributed by atoms with E-state index < -0.39 is 30.0 Å². The fourth-order valence-electron chi connectivity index (χ4n) is 2.05. The molecule has 0 aliphatic heterocycles. The molecule has 0 unspecified atom stereocenters. The number of esters is 1. The van der Waals surface area contributed by atoms with Crippen LogP contribution in [0.4, 0.5) is 5.69 Å². The van der Waals surface area contributed by atoms with Crippen molar-refractivity contribution >= 4 is 35.1 Å². The highest BCUT2D eigenvalue weighted by Crippen LogP contribution is 2.17. The van der Waals surface area contributed by atoms with E-state index in [2.05, 4.69) is 5.32 Å². The van der Waals surface area contributed by atoms with Gasteiger partial charge in [-0.1, -0.05) is 11.6 Å². The van der Waals surface area contributed by atoms with Gasteiger partial charge in [-0.05, 0) is 62.4 Å². The summed E-state index contributed by atoms with van der Waals surface area (Å²) < 4.78 is 10.6. The lowest BCUT2D eigenvalue weighted by molar-refractivity contribution is -0.159. The van der Waals surface area contributed by atoms with E-state index in [1.54, 1.807) is 24.3 Å². The van der Waals surface area contributed by atoms with Gasteiger partial charge >= 0.3 is 5.97 Å². The van der Waals surface area contributed by atoms with Crippen molar-refractivity contribution < 1.29 is 23.9 Å². The van der Waals surface area contributed by atoms with Crippen molar-refractivity contribution in [2.45, 2.75) is 26.1 Å². The predicted octanol–water partition coefficient (Wildman–Crippen LogP) is 2.78. The molecule has 0 fully saturated rings. The zero-order valence-electron chi connectivity index (χ0n) is 14.8. The Labute approximate surface area is 161 Å². The summed E-state index contributed by atoms with van der Waals surface area (Å²) in [6, 6.07) is 12.5. The first-order chi connectivity index (χ1) is 12.8. The van der Waals surface area contributed by atoms with Crippen molar-refractivity contribution in [1.82, 2.24) is 0 Å². The number of benzene rings is 2. The highest BCUT2D eigenvalue weighted by Gasteiger charge is 2.23. The van der Waals surface area contributed by atoms with Gasteiger partial charge in [-0.25, -0.2) is 4.79 Å². The minimum Gasteiger partial charge on any atom is -0.479 e. The van der Waals surface area contributed by atoms with Crippen LogP contribution in [0.5, 0.6) is 5.75 Å². The summed E-state index contributed by atoms with van der Waals surface area (Å²) in [4.78, 5) is 35.3. The lowest BCUT2D eigenvalue weighted by atomic mass is 10.2. The monoisotopic (exact) mass is 390 g/mol. The smallest absolute Gasteiger partial charge is 0.347 e. The fourth-order valence-corrected chi connectivity index (χ4v) is 2.18. The van der Waals surface area contributed by atoms with E-state index in [1.165, 1.54) is 38.1 Å². The third kappa shape index (κ3) is 6.00. The van der Waals surface area contributed by atoms with Gasteiger partial charge in [-0.3, -0.25) is 9.59 Å². The zero-order chi connectivity index (χ0) is 20.0. The topological polar surface area (TPSA) is 108 Å². The van der Waals surface area contributed by atoms with Gasteiger partial charge in [0.15, 0.2) is 12.2 Å². The molecule has 2 aromatic rings. The fraction of sp³-hybridized carbons (Fsp3) is 0.211. The number of hydrogen-bond donors (Lipinski definition) is 2. The van der Waals surface area contributed by atoms with Gasteiger partial charge in [0.2, 0.25) is 5.91 Å². The maximum absolute atomic E-state index is 12.1. The van der Waals surface area contributed by atoms with Gasteiger partial charge in [0.05, 0.1) is 0 Å². The van der Waals surface area contributed by atoms with E-state index in [9.17, 15) is 14.4 Å². The second-order valence-electron chi connectivity index (χ2n) is 5.72. The molecular formula is C19H19ClN2O5. The number of nitrogens with two attached hydrogens (primary N) is 1. The van der Waals surface area contributed by atoms with Crippen LogP contribution < -0.4 is 15.8 Å². The molecule has 2 amide bonds. The van der Waals surface area contributed by atoms with Crippen LogP contribution in [0.1, 0.15) is 24.2 Å². The number of hydrogen-bond acceptors (Lipinski definition) is 5. The number of halogens is 1. The molecule has 3 N–H and O–H groups in total. The summed E-state index contributed by atoms with van der Waals surface area (Å²) in [6.07, 6.45) is -1.94. The minimum atomic E-state index is -1.04.